The molecule has 0 amide bonds. The van der Waals surface area contributed by atoms with Crippen molar-refractivity contribution in [3.05, 3.63) is 107 Å². The molecule has 1 fully saturated rings. The summed E-state index contributed by atoms with van der Waals surface area (Å²) in [5.74, 6) is 0.656. The summed E-state index contributed by atoms with van der Waals surface area (Å²) in [5.41, 5.74) is 4.52. The summed E-state index contributed by atoms with van der Waals surface area (Å²) >= 11 is 0. The summed E-state index contributed by atoms with van der Waals surface area (Å²) in [4.78, 5) is 6.82. The molecular weight excluding hydrogens is 460 g/mol. The van der Waals surface area contributed by atoms with Gasteiger partial charge in [-0.15, -0.1) is 0 Å². The second-order valence-corrected chi connectivity index (χ2v) is 10.5. The van der Waals surface area contributed by atoms with Gasteiger partial charge in [0.1, 0.15) is 18.3 Å². The molecule has 0 saturated carbocycles. The van der Waals surface area contributed by atoms with Gasteiger partial charge >= 0.3 is 0 Å². The van der Waals surface area contributed by atoms with Crippen molar-refractivity contribution in [1.82, 2.24) is 9.88 Å². The normalized spacial score (nSPS) is 18.5. The molecule has 190 valence electrons. The molecule has 6 rings (SSSR count). The van der Waals surface area contributed by atoms with Crippen LogP contribution in [0.15, 0.2) is 84.9 Å². The Kier molecular flexibility index (Phi) is 6.68. The van der Waals surface area contributed by atoms with Crippen LogP contribution in [-0.4, -0.2) is 52.4 Å². The van der Waals surface area contributed by atoms with E-state index in [-0.39, 0.29) is 12.5 Å². The van der Waals surface area contributed by atoms with E-state index >= 15 is 0 Å². The number of aliphatic hydroxyl groups is 2. The van der Waals surface area contributed by atoms with Crippen molar-refractivity contribution in [3.63, 3.8) is 0 Å². The first kappa shape index (κ1) is 24.1. The number of para-hydroxylation sites is 1. The van der Waals surface area contributed by atoms with E-state index in [1.807, 2.05) is 48.5 Å². The van der Waals surface area contributed by atoms with Gasteiger partial charge in [-0.25, -0.2) is 4.98 Å². The average molecular weight is 495 g/mol. The SMILES string of the molecule is OC(COc1ccc2ccccc2n1)CN1CCC(C2(O)c3ccccc3CCc3ccccc32)CC1. The van der Waals surface area contributed by atoms with Crippen LogP contribution in [0.4, 0.5) is 0 Å². The molecule has 2 N–H and O–H groups in total. The maximum Gasteiger partial charge on any atom is 0.213 e. The summed E-state index contributed by atoms with van der Waals surface area (Å²) in [6.45, 7) is 2.42. The summed E-state index contributed by atoms with van der Waals surface area (Å²) in [5, 5.41) is 24.2. The monoisotopic (exact) mass is 494 g/mol. The first-order valence-corrected chi connectivity index (χ1v) is 13.4. The molecule has 3 aromatic carbocycles. The molecule has 1 aromatic heterocycles. The number of hydrogen-bond donors (Lipinski definition) is 2. The lowest BCUT2D eigenvalue weighted by atomic mass is 9.70. The van der Waals surface area contributed by atoms with E-state index in [4.69, 9.17) is 4.74 Å². The second kappa shape index (κ2) is 10.3. The molecule has 5 heteroatoms. The molecule has 1 aliphatic carbocycles. The van der Waals surface area contributed by atoms with Crippen molar-refractivity contribution in [3.8, 4) is 5.88 Å². The number of likely N-dealkylation sites (tertiary alicyclic amines) is 1. The largest absolute Gasteiger partial charge is 0.475 e. The van der Waals surface area contributed by atoms with Crippen molar-refractivity contribution in [1.29, 1.82) is 0 Å². The third-order valence-corrected chi connectivity index (χ3v) is 8.16. The van der Waals surface area contributed by atoms with Crippen molar-refractivity contribution in [2.24, 2.45) is 5.92 Å². The maximum absolute atomic E-state index is 12.4. The predicted molar refractivity (Wildman–Crippen MR) is 146 cm³/mol. The number of rotatable bonds is 6. The maximum atomic E-state index is 12.4. The smallest absolute Gasteiger partial charge is 0.213 e. The van der Waals surface area contributed by atoms with E-state index in [0.717, 1.165) is 60.8 Å². The van der Waals surface area contributed by atoms with E-state index < -0.39 is 11.7 Å². The fourth-order valence-corrected chi connectivity index (χ4v) is 6.27. The highest BCUT2D eigenvalue weighted by Gasteiger charge is 2.44. The highest BCUT2D eigenvalue weighted by atomic mass is 16.5. The Morgan fingerprint density at radius 1 is 0.838 bits per heavy atom. The van der Waals surface area contributed by atoms with Gasteiger partial charge in [0.25, 0.3) is 0 Å². The van der Waals surface area contributed by atoms with Gasteiger partial charge in [-0.1, -0.05) is 66.7 Å². The minimum absolute atomic E-state index is 0.124. The molecule has 0 radical (unpaired) electrons. The lowest BCUT2D eigenvalue weighted by molar-refractivity contribution is -0.0227. The number of fused-ring (bicyclic) bond motifs is 3. The van der Waals surface area contributed by atoms with Gasteiger partial charge < -0.3 is 19.8 Å². The number of nitrogens with zero attached hydrogens (tertiary/aromatic N) is 2. The van der Waals surface area contributed by atoms with Gasteiger partial charge in [-0.2, -0.15) is 0 Å². The number of benzene rings is 3. The summed E-state index contributed by atoms with van der Waals surface area (Å²) in [6.07, 6.45) is 3.05. The number of hydrogen-bond acceptors (Lipinski definition) is 5. The zero-order valence-corrected chi connectivity index (χ0v) is 21.1. The quantitative estimate of drug-likeness (QED) is 0.406. The molecule has 4 aromatic rings. The third kappa shape index (κ3) is 4.75. The molecule has 0 spiro atoms. The van der Waals surface area contributed by atoms with Gasteiger partial charge in [0, 0.05) is 18.0 Å². The van der Waals surface area contributed by atoms with Crippen LogP contribution in [-0.2, 0) is 18.4 Å². The summed E-state index contributed by atoms with van der Waals surface area (Å²) in [6, 6.07) is 28.6. The third-order valence-electron chi connectivity index (χ3n) is 8.16. The van der Waals surface area contributed by atoms with Crippen molar-refractivity contribution < 1.29 is 14.9 Å². The zero-order chi connectivity index (χ0) is 25.2. The predicted octanol–water partition coefficient (Wildman–Crippen LogP) is 4.72. The number of pyridine rings is 1. The summed E-state index contributed by atoms with van der Waals surface area (Å²) in [7, 11) is 0. The second-order valence-electron chi connectivity index (χ2n) is 10.5. The standard InChI is InChI=1S/C32H34N2O3/c35-27(22-37-31-16-15-25-9-3-6-12-30(25)33-31)21-34-19-17-26(18-20-34)32(36)28-10-4-1-7-23(28)13-14-24-8-2-5-11-29(24)32/h1-12,15-16,26-27,35-36H,13-14,17-22H2. The molecule has 5 nitrogen and oxygen atoms in total. The zero-order valence-electron chi connectivity index (χ0n) is 21.1. The van der Waals surface area contributed by atoms with Crippen LogP contribution in [0.3, 0.4) is 0 Å². The Hall–Kier alpha value is -3.25. The van der Waals surface area contributed by atoms with Gasteiger partial charge in [-0.05, 0) is 79.1 Å². The van der Waals surface area contributed by atoms with Gasteiger partial charge in [0.15, 0.2) is 0 Å². The van der Waals surface area contributed by atoms with Crippen LogP contribution in [0.1, 0.15) is 35.1 Å². The lowest BCUT2D eigenvalue weighted by Gasteiger charge is -2.43. The van der Waals surface area contributed by atoms with Crippen LogP contribution < -0.4 is 4.74 Å². The van der Waals surface area contributed by atoms with E-state index in [1.165, 1.54) is 11.1 Å². The van der Waals surface area contributed by atoms with Crippen LogP contribution in [0.25, 0.3) is 10.9 Å². The number of ether oxygens (including phenoxy) is 1. The Bertz CT molecular complexity index is 1330. The number of piperidine rings is 1. The molecular formula is C32H34N2O3. The topological polar surface area (TPSA) is 65.8 Å². The molecule has 37 heavy (non-hydrogen) atoms. The molecule has 1 unspecified atom stereocenters. The van der Waals surface area contributed by atoms with E-state index in [2.05, 4.69) is 46.3 Å². The minimum Gasteiger partial charge on any atom is -0.475 e. The Morgan fingerprint density at radius 2 is 1.46 bits per heavy atom. The molecule has 2 heterocycles. The fraction of sp³-hybridized carbons (Fsp3) is 0.344. The Labute approximate surface area is 218 Å². The Balaban J connectivity index is 1.11. The number of aromatic nitrogens is 1. The van der Waals surface area contributed by atoms with Gasteiger partial charge in [0.05, 0.1) is 5.52 Å². The molecule has 1 aliphatic heterocycles. The molecule has 2 aliphatic rings. The highest BCUT2D eigenvalue weighted by Crippen LogP contribution is 2.46. The number of aryl methyl sites for hydroxylation is 2. The van der Waals surface area contributed by atoms with Crippen LogP contribution in [0.2, 0.25) is 0 Å². The van der Waals surface area contributed by atoms with Crippen molar-refractivity contribution in [2.75, 3.05) is 26.2 Å². The first-order valence-electron chi connectivity index (χ1n) is 13.4. The number of aliphatic hydroxyl groups excluding tert-OH is 1. The minimum atomic E-state index is -0.987. The lowest BCUT2D eigenvalue weighted by Crippen LogP contribution is -2.47. The average Bonchev–Trinajstić information content (AvgIpc) is 3.07. The Morgan fingerprint density at radius 3 is 2.16 bits per heavy atom. The van der Waals surface area contributed by atoms with Crippen LogP contribution in [0, 0.1) is 5.92 Å². The molecule has 0 bridgehead atoms. The highest BCUT2D eigenvalue weighted by molar-refractivity contribution is 5.78. The van der Waals surface area contributed by atoms with E-state index in [0.29, 0.717) is 12.4 Å². The van der Waals surface area contributed by atoms with Crippen LogP contribution >= 0.6 is 0 Å². The number of β-amino-alcohol motifs (C(OH)–C–C–N with tert-alkyl or cyclic N) is 1. The first-order chi connectivity index (χ1) is 18.1. The van der Waals surface area contributed by atoms with E-state index in [9.17, 15) is 10.2 Å². The van der Waals surface area contributed by atoms with E-state index in [1.54, 1.807) is 0 Å². The molecule has 1 saturated heterocycles. The van der Waals surface area contributed by atoms with Crippen molar-refractivity contribution >= 4 is 10.9 Å². The van der Waals surface area contributed by atoms with Gasteiger partial charge in [-0.3, -0.25) is 0 Å². The van der Waals surface area contributed by atoms with Crippen LogP contribution in [0.5, 0.6) is 5.88 Å². The molecule has 1 atom stereocenters. The van der Waals surface area contributed by atoms with Gasteiger partial charge in [0.2, 0.25) is 5.88 Å². The van der Waals surface area contributed by atoms with Crippen molar-refractivity contribution in [2.45, 2.75) is 37.4 Å². The fourth-order valence-electron chi connectivity index (χ4n) is 6.27. The summed E-state index contributed by atoms with van der Waals surface area (Å²) < 4.78 is 5.81.